The number of alkyl halides is 3. The van der Waals surface area contributed by atoms with Gasteiger partial charge in [0.15, 0.2) is 0 Å². The lowest BCUT2D eigenvalue weighted by molar-refractivity contribution is -0.186. The lowest BCUT2D eigenvalue weighted by Crippen LogP contribution is -2.55. The van der Waals surface area contributed by atoms with Crippen LogP contribution in [0.1, 0.15) is 59.8 Å². The Morgan fingerprint density at radius 2 is 1.69 bits per heavy atom. The molecule has 1 saturated heterocycles. The first-order valence-electron chi connectivity index (χ1n) is 14.8. The van der Waals surface area contributed by atoms with Crippen molar-refractivity contribution >= 4 is 51.2 Å². The van der Waals surface area contributed by atoms with Crippen molar-refractivity contribution in [1.29, 1.82) is 0 Å². The van der Waals surface area contributed by atoms with Gasteiger partial charge in [0.25, 0.3) is 0 Å². The number of carbonyl (C=O) groups excluding carboxylic acids is 3. The summed E-state index contributed by atoms with van der Waals surface area (Å²) in [5, 5.41) is 8.84. The van der Waals surface area contributed by atoms with Crippen LogP contribution >= 0.6 is 23.2 Å². The normalized spacial score (nSPS) is 15.2. The molecule has 0 aromatic heterocycles. The summed E-state index contributed by atoms with van der Waals surface area (Å²) in [5.74, 6) is -1.72. The maximum absolute atomic E-state index is 13.0. The molecule has 5 amide bonds. The monoisotopic (exact) mass is 702 g/mol. The Labute approximate surface area is 273 Å². The van der Waals surface area contributed by atoms with Crippen molar-refractivity contribution in [1.82, 2.24) is 30.5 Å². The number of hydrogen-bond acceptors (Lipinski definition) is 5. The lowest BCUT2D eigenvalue weighted by Gasteiger charge is -2.34. The second kappa shape index (κ2) is 17.4. The van der Waals surface area contributed by atoms with E-state index in [0.717, 1.165) is 4.90 Å². The van der Waals surface area contributed by atoms with E-state index in [-0.39, 0.29) is 73.5 Å². The molecule has 1 atom stereocenters. The molecule has 0 spiro atoms. The SMILES string of the molecule is CC(C)C[C@H](CN(CCCCNS(=O)(=O)c1ccc(Cl)cc1Cl)C(=O)NC(C)C)NC(=O)NC1CCN(C(=O)C(F)(F)F)CC1. The van der Waals surface area contributed by atoms with Gasteiger partial charge in [0.1, 0.15) is 4.90 Å². The van der Waals surface area contributed by atoms with Gasteiger partial charge in [-0.05, 0) is 70.1 Å². The Bertz CT molecular complexity index is 1260. The van der Waals surface area contributed by atoms with E-state index in [1.807, 2.05) is 27.7 Å². The van der Waals surface area contributed by atoms with E-state index < -0.39 is 40.2 Å². The quantitative estimate of drug-likeness (QED) is 0.208. The number of halogens is 5. The van der Waals surface area contributed by atoms with Crippen molar-refractivity contribution in [2.24, 2.45) is 5.92 Å². The standard InChI is InChI=1S/C28H43Cl2F3N6O5S/c1-18(2)15-22(37-26(41)36-21-9-13-38(14-10-21)25(40)28(31,32)33)17-39(27(42)35-19(3)4)12-6-5-11-34-45(43,44)24-8-7-20(29)16-23(24)30/h7-8,16,18-19,21-22,34H,5-6,9-15,17H2,1-4H3,(H,35,42)(H2,36,37,41)/t22-/m1/s1. The van der Waals surface area contributed by atoms with Crippen LogP contribution in [0.25, 0.3) is 0 Å². The van der Waals surface area contributed by atoms with Crippen LogP contribution in [0.5, 0.6) is 0 Å². The summed E-state index contributed by atoms with van der Waals surface area (Å²) in [5.41, 5.74) is 0. The summed E-state index contributed by atoms with van der Waals surface area (Å²) >= 11 is 11.9. The van der Waals surface area contributed by atoms with Crippen molar-refractivity contribution < 1.29 is 36.0 Å². The van der Waals surface area contributed by atoms with Crippen LogP contribution in [0.15, 0.2) is 23.1 Å². The third-order valence-corrected chi connectivity index (χ3v) is 9.10. The van der Waals surface area contributed by atoms with Crippen LogP contribution in [0.3, 0.4) is 0 Å². The van der Waals surface area contributed by atoms with Crippen LogP contribution < -0.4 is 20.7 Å². The largest absolute Gasteiger partial charge is 0.471 e. The van der Waals surface area contributed by atoms with Crippen LogP contribution in [0.4, 0.5) is 22.8 Å². The van der Waals surface area contributed by atoms with Crippen LogP contribution in [-0.2, 0) is 14.8 Å². The van der Waals surface area contributed by atoms with Gasteiger partial charge in [-0.15, -0.1) is 0 Å². The number of unbranched alkanes of at least 4 members (excludes halogenated alkanes) is 1. The minimum absolute atomic E-state index is 0.00118. The van der Waals surface area contributed by atoms with E-state index in [0.29, 0.717) is 24.3 Å². The Morgan fingerprint density at radius 1 is 1.04 bits per heavy atom. The molecule has 1 fully saturated rings. The fourth-order valence-corrected chi connectivity index (χ4v) is 6.70. The molecule has 0 radical (unpaired) electrons. The Morgan fingerprint density at radius 3 is 2.24 bits per heavy atom. The molecule has 0 unspecified atom stereocenters. The zero-order chi connectivity index (χ0) is 33.9. The van der Waals surface area contributed by atoms with Gasteiger partial charge in [0.2, 0.25) is 10.0 Å². The molecule has 45 heavy (non-hydrogen) atoms. The third kappa shape index (κ3) is 13.4. The first kappa shape index (κ1) is 38.7. The number of urea groups is 2. The molecule has 1 aliphatic rings. The number of sulfonamides is 1. The first-order chi connectivity index (χ1) is 20.9. The number of benzene rings is 1. The zero-order valence-corrected chi connectivity index (χ0v) is 28.2. The molecule has 0 bridgehead atoms. The number of amides is 5. The van der Waals surface area contributed by atoms with E-state index in [2.05, 4.69) is 20.7 Å². The molecule has 1 heterocycles. The molecule has 4 N–H and O–H groups in total. The summed E-state index contributed by atoms with van der Waals surface area (Å²) in [6.07, 6.45) is -3.16. The Hall–Kier alpha value is -2.49. The highest BCUT2D eigenvalue weighted by Crippen LogP contribution is 2.25. The predicted octanol–water partition coefficient (Wildman–Crippen LogP) is 4.74. The van der Waals surface area contributed by atoms with Crippen molar-refractivity contribution in [3.63, 3.8) is 0 Å². The fraction of sp³-hybridized carbons (Fsp3) is 0.679. The third-order valence-electron chi connectivity index (χ3n) is 6.92. The molecule has 11 nitrogen and oxygen atoms in total. The summed E-state index contributed by atoms with van der Waals surface area (Å²) in [6, 6.07) is 2.24. The topological polar surface area (TPSA) is 140 Å². The second-order valence-electron chi connectivity index (χ2n) is 11.7. The van der Waals surface area contributed by atoms with Gasteiger partial charge < -0.3 is 25.8 Å². The van der Waals surface area contributed by atoms with Crippen molar-refractivity contribution in [3.8, 4) is 0 Å². The first-order valence-corrected chi connectivity index (χ1v) is 17.1. The minimum Gasteiger partial charge on any atom is -0.336 e. The molecular formula is C28H43Cl2F3N6O5S. The average Bonchev–Trinajstić information content (AvgIpc) is 2.90. The number of likely N-dealkylation sites (tertiary alicyclic amines) is 1. The Kier molecular flexibility index (Phi) is 15.0. The summed E-state index contributed by atoms with van der Waals surface area (Å²) < 4.78 is 66.0. The molecule has 1 aromatic rings. The number of nitrogens with zero attached hydrogens (tertiary/aromatic N) is 2. The molecule has 2 rings (SSSR count). The van der Waals surface area contributed by atoms with Gasteiger partial charge in [0, 0.05) is 55.9 Å². The van der Waals surface area contributed by atoms with Gasteiger partial charge in [-0.3, -0.25) is 4.79 Å². The maximum Gasteiger partial charge on any atom is 0.471 e. The smallest absolute Gasteiger partial charge is 0.336 e. The molecule has 0 aliphatic carbocycles. The van der Waals surface area contributed by atoms with Crippen molar-refractivity contribution in [2.45, 2.75) is 89.0 Å². The van der Waals surface area contributed by atoms with Crippen molar-refractivity contribution in [2.75, 3.05) is 32.7 Å². The minimum atomic E-state index is -4.94. The second-order valence-corrected chi connectivity index (χ2v) is 14.3. The Balaban J connectivity index is 1.96. The van der Waals surface area contributed by atoms with E-state index >= 15 is 0 Å². The maximum atomic E-state index is 13.0. The number of hydrogen-bond donors (Lipinski definition) is 4. The van der Waals surface area contributed by atoms with Gasteiger partial charge in [-0.2, -0.15) is 13.2 Å². The van der Waals surface area contributed by atoms with Gasteiger partial charge in [-0.1, -0.05) is 37.0 Å². The van der Waals surface area contributed by atoms with Gasteiger partial charge >= 0.3 is 24.1 Å². The fourth-order valence-electron chi connectivity index (χ4n) is 4.85. The zero-order valence-electron chi connectivity index (χ0n) is 25.8. The van der Waals surface area contributed by atoms with Crippen LogP contribution in [0, 0.1) is 5.92 Å². The summed E-state index contributed by atoms with van der Waals surface area (Å²) in [7, 11) is -3.87. The van der Waals surface area contributed by atoms with Gasteiger partial charge in [0.05, 0.1) is 5.02 Å². The molecular weight excluding hydrogens is 660 g/mol. The average molecular weight is 704 g/mol. The van der Waals surface area contributed by atoms with Gasteiger partial charge in [-0.25, -0.2) is 22.7 Å². The van der Waals surface area contributed by atoms with E-state index in [9.17, 15) is 36.0 Å². The highest BCUT2D eigenvalue weighted by molar-refractivity contribution is 7.89. The highest BCUT2D eigenvalue weighted by Gasteiger charge is 2.43. The summed E-state index contributed by atoms with van der Waals surface area (Å²) in [6.45, 7) is 7.89. The number of nitrogens with one attached hydrogen (secondary N) is 4. The molecule has 1 aliphatic heterocycles. The predicted molar refractivity (Wildman–Crippen MR) is 167 cm³/mol. The van der Waals surface area contributed by atoms with Crippen LogP contribution in [0.2, 0.25) is 10.0 Å². The van der Waals surface area contributed by atoms with Crippen LogP contribution in [-0.4, -0.2) is 93.2 Å². The number of piperidine rings is 1. The van der Waals surface area contributed by atoms with E-state index in [1.165, 1.54) is 18.2 Å². The number of carbonyl (C=O) groups is 3. The highest BCUT2D eigenvalue weighted by atomic mass is 35.5. The van der Waals surface area contributed by atoms with Crippen molar-refractivity contribution in [3.05, 3.63) is 28.2 Å². The van der Waals surface area contributed by atoms with E-state index in [1.54, 1.807) is 4.90 Å². The summed E-state index contributed by atoms with van der Waals surface area (Å²) in [4.78, 5) is 39.6. The molecule has 0 saturated carbocycles. The lowest BCUT2D eigenvalue weighted by atomic mass is 10.0. The molecule has 17 heteroatoms. The molecule has 1 aromatic carbocycles. The van der Waals surface area contributed by atoms with E-state index in [4.69, 9.17) is 23.2 Å². The molecule has 256 valence electrons. The number of rotatable bonds is 14.